The molecule has 0 aromatic heterocycles. The van der Waals surface area contributed by atoms with Crippen LogP contribution in [0.2, 0.25) is 10.0 Å². The molecule has 0 spiro atoms. The molecule has 1 N–H and O–H groups in total. The average Bonchev–Trinajstić information content (AvgIpc) is 2.98. The Balaban J connectivity index is 1.80. The number of likely N-dealkylation sites (N-methyl/N-ethyl adjacent to an activating group) is 1. The van der Waals surface area contributed by atoms with Gasteiger partial charge < -0.3 is 10.2 Å². The number of benzene rings is 4. The van der Waals surface area contributed by atoms with E-state index in [2.05, 4.69) is 5.32 Å². The van der Waals surface area contributed by atoms with E-state index in [9.17, 15) is 18.0 Å². The lowest BCUT2D eigenvalue weighted by molar-refractivity contribution is -0.139. The van der Waals surface area contributed by atoms with Crippen molar-refractivity contribution in [3.63, 3.8) is 0 Å². The minimum Gasteiger partial charge on any atom is -0.357 e. The molecule has 0 radical (unpaired) electrons. The number of carbonyl (C=O) groups is 2. The molecule has 0 saturated carbocycles. The van der Waals surface area contributed by atoms with Gasteiger partial charge in [-0.2, -0.15) is 0 Å². The molecule has 0 aliphatic heterocycles. The summed E-state index contributed by atoms with van der Waals surface area (Å²) in [5.41, 5.74) is 2.56. The van der Waals surface area contributed by atoms with E-state index in [1.807, 2.05) is 30.3 Å². The molecule has 7 nitrogen and oxygen atoms in total. The highest BCUT2D eigenvalue weighted by Gasteiger charge is 2.34. The number of anilines is 1. The Morgan fingerprint density at radius 1 is 0.810 bits per heavy atom. The summed E-state index contributed by atoms with van der Waals surface area (Å²) < 4.78 is 29.1. The van der Waals surface area contributed by atoms with Crippen LogP contribution >= 0.6 is 23.2 Å². The van der Waals surface area contributed by atoms with Crippen LogP contribution in [0.4, 0.5) is 5.69 Å². The van der Waals surface area contributed by atoms with Gasteiger partial charge in [0.2, 0.25) is 11.8 Å². The smallest absolute Gasteiger partial charge is 0.264 e. The first kappa shape index (κ1) is 31.1. The normalized spacial score (nSPS) is 11.9. The number of sulfonamides is 1. The van der Waals surface area contributed by atoms with Gasteiger partial charge in [0, 0.05) is 30.1 Å². The fourth-order valence-corrected chi connectivity index (χ4v) is 6.46. The molecule has 4 aromatic rings. The van der Waals surface area contributed by atoms with Gasteiger partial charge >= 0.3 is 0 Å². The first-order valence-corrected chi connectivity index (χ1v) is 15.4. The second-order valence-electron chi connectivity index (χ2n) is 9.72. The van der Waals surface area contributed by atoms with Gasteiger partial charge in [0.15, 0.2) is 0 Å². The van der Waals surface area contributed by atoms with E-state index in [1.54, 1.807) is 55.5 Å². The number of rotatable bonds is 11. The lowest BCUT2D eigenvalue weighted by atomic mass is 10.0. The lowest BCUT2D eigenvalue weighted by Gasteiger charge is -2.34. The fourth-order valence-electron chi connectivity index (χ4n) is 4.64. The van der Waals surface area contributed by atoms with Crippen molar-refractivity contribution in [1.82, 2.24) is 10.2 Å². The molecule has 0 unspecified atom stereocenters. The summed E-state index contributed by atoms with van der Waals surface area (Å²) in [5, 5.41) is 3.53. The van der Waals surface area contributed by atoms with Gasteiger partial charge in [-0.3, -0.25) is 13.9 Å². The molecular weight excluding hydrogens is 593 g/mol. The van der Waals surface area contributed by atoms with Crippen LogP contribution in [-0.4, -0.2) is 44.8 Å². The third-order valence-electron chi connectivity index (χ3n) is 6.82. The number of carbonyl (C=O) groups excluding carboxylic acids is 2. The quantitative estimate of drug-likeness (QED) is 0.226. The van der Waals surface area contributed by atoms with Crippen LogP contribution in [0.3, 0.4) is 0 Å². The Morgan fingerprint density at radius 3 is 2.10 bits per heavy atom. The van der Waals surface area contributed by atoms with Crippen molar-refractivity contribution in [2.24, 2.45) is 0 Å². The van der Waals surface area contributed by atoms with Gasteiger partial charge in [-0.15, -0.1) is 0 Å². The molecule has 0 bridgehead atoms. The molecule has 0 saturated heterocycles. The Morgan fingerprint density at radius 2 is 1.45 bits per heavy atom. The molecule has 0 aliphatic carbocycles. The predicted octanol–water partition coefficient (Wildman–Crippen LogP) is 5.88. The highest BCUT2D eigenvalue weighted by Crippen LogP contribution is 2.28. The van der Waals surface area contributed by atoms with Crippen molar-refractivity contribution in [2.75, 3.05) is 17.9 Å². The second-order valence-corrected chi connectivity index (χ2v) is 12.5. The first-order valence-electron chi connectivity index (χ1n) is 13.2. The SMILES string of the molecule is CNC(=O)[C@@H](Cc1ccccc1)N(Cc1cccc(Cl)c1)C(=O)CN(c1ccccc1C)S(=O)(=O)c1ccc(Cl)cc1. The topological polar surface area (TPSA) is 86.8 Å². The number of amides is 2. The zero-order valence-electron chi connectivity index (χ0n) is 23.2. The van der Waals surface area contributed by atoms with Crippen molar-refractivity contribution < 1.29 is 18.0 Å². The monoisotopic (exact) mass is 623 g/mol. The minimum atomic E-state index is -4.21. The number of para-hydroxylation sites is 1. The van der Waals surface area contributed by atoms with E-state index in [-0.39, 0.29) is 23.8 Å². The molecule has 10 heteroatoms. The second kappa shape index (κ2) is 13.9. The standard InChI is InChI=1S/C32H31Cl2N3O4S/c1-23-9-6-7-14-29(23)37(42(40,41)28-17-15-26(33)16-18-28)22-31(38)36(21-25-12-8-13-27(34)19-25)30(32(39)35-2)20-24-10-4-3-5-11-24/h3-19,30H,20-22H2,1-2H3,(H,35,39)/t30-/m1/s1. The summed E-state index contributed by atoms with van der Waals surface area (Å²) in [4.78, 5) is 29.0. The summed E-state index contributed by atoms with van der Waals surface area (Å²) in [6.45, 7) is 1.27. The molecule has 0 aliphatic rings. The zero-order valence-corrected chi connectivity index (χ0v) is 25.5. The zero-order chi connectivity index (χ0) is 30.3. The van der Waals surface area contributed by atoms with Crippen molar-refractivity contribution in [3.8, 4) is 0 Å². The summed E-state index contributed by atoms with van der Waals surface area (Å²) in [7, 11) is -2.70. The number of nitrogens with one attached hydrogen (secondary N) is 1. The van der Waals surface area contributed by atoms with Gasteiger partial charge in [-0.1, -0.05) is 83.9 Å². The van der Waals surface area contributed by atoms with Crippen molar-refractivity contribution in [3.05, 3.63) is 130 Å². The van der Waals surface area contributed by atoms with E-state index in [0.29, 0.717) is 26.9 Å². The highest BCUT2D eigenvalue weighted by molar-refractivity contribution is 7.92. The lowest BCUT2D eigenvalue weighted by Crippen LogP contribution is -2.53. The molecule has 4 aromatic carbocycles. The van der Waals surface area contributed by atoms with Gasteiger partial charge in [0.25, 0.3) is 10.0 Å². The number of nitrogens with zero attached hydrogens (tertiary/aromatic N) is 2. The molecular formula is C32H31Cl2N3O4S. The van der Waals surface area contributed by atoms with E-state index >= 15 is 0 Å². The molecule has 0 heterocycles. The third-order valence-corrected chi connectivity index (χ3v) is 9.09. The van der Waals surface area contributed by atoms with E-state index in [4.69, 9.17) is 23.2 Å². The molecule has 0 fully saturated rings. The molecule has 218 valence electrons. The molecule has 42 heavy (non-hydrogen) atoms. The van der Waals surface area contributed by atoms with Crippen molar-refractivity contribution in [2.45, 2.75) is 30.8 Å². The summed E-state index contributed by atoms with van der Waals surface area (Å²) in [6.07, 6.45) is 0.223. The van der Waals surface area contributed by atoms with Crippen LogP contribution in [0.1, 0.15) is 16.7 Å². The number of halogens is 2. The summed E-state index contributed by atoms with van der Waals surface area (Å²) in [6, 6.07) is 28.1. The van der Waals surface area contributed by atoms with Crippen molar-refractivity contribution in [1.29, 1.82) is 0 Å². The number of hydrogen-bond acceptors (Lipinski definition) is 4. The van der Waals surface area contributed by atoms with Crippen molar-refractivity contribution >= 4 is 50.7 Å². The van der Waals surface area contributed by atoms with Crippen LogP contribution in [0.25, 0.3) is 0 Å². The third kappa shape index (κ3) is 7.50. The van der Waals surface area contributed by atoms with E-state index < -0.39 is 28.5 Å². The van der Waals surface area contributed by atoms with Crippen LogP contribution in [0.15, 0.2) is 108 Å². The highest BCUT2D eigenvalue weighted by atomic mass is 35.5. The maximum absolute atomic E-state index is 14.3. The summed E-state index contributed by atoms with van der Waals surface area (Å²) in [5.74, 6) is -0.933. The predicted molar refractivity (Wildman–Crippen MR) is 167 cm³/mol. The maximum Gasteiger partial charge on any atom is 0.264 e. The number of aryl methyl sites for hydroxylation is 1. The Bertz CT molecular complexity index is 1650. The van der Waals surface area contributed by atoms with E-state index in [1.165, 1.54) is 36.2 Å². The van der Waals surface area contributed by atoms with Crippen LogP contribution in [-0.2, 0) is 32.6 Å². The maximum atomic E-state index is 14.3. The largest absolute Gasteiger partial charge is 0.357 e. The Labute approximate surface area is 256 Å². The Kier molecular flexibility index (Phi) is 10.3. The first-order chi connectivity index (χ1) is 20.1. The van der Waals surface area contributed by atoms with E-state index in [0.717, 1.165) is 9.87 Å². The van der Waals surface area contributed by atoms with Gasteiger partial charge in [-0.05, 0) is 66.1 Å². The van der Waals surface area contributed by atoms with Gasteiger partial charge in [0.05, 0.1) is 10.6 Å². The molecule has 2 amide bonds. The fraction of sp³-hybridized carbons (Fsp3) is 0.188. The van der Waals surface area contributed by atoms with Crippen LogP contribution in [0.5, 0.6) is 0 Å². The minimum absolute atomic E-state index is 0.0171. The number of hydrogen-bond donors (Lipinski definition) is 1. The van der Waals surface area contributed by atoms with Gasteiger partial charge in [-0.25, -0.2) is 8.42 Å². The van der Waals surface area contributed by atoms with Crippen LogP contribution < -0.4 is 9.62 Å². The van der Waals surface area contributed by atoms with Gasteiger partial charge in [0.1, 0.15) is 12.6 Å². The molecule has 4 rings (SSSR count). The Hall–Kier alpha value is -3.85. The van der Waals surface area contributed by atoms with Crippen LogP contribution in [0, 0.1) is 6.92 Å². The summed E-state index contributed by atoms with van der Waals surface area (Å²) >= 11 is 12.3. The average molecular weight is 625 g/mol. The molecule has 1 atom stereocenters.